The van der Waals surface area contributed by atoms with E-state index in [2.05, 4.69) is 24.1 Å². The topological polar surface area (TPSA) is 68.3 Å². The maximum atomic E-state index is 12.5. The van der Waals surface area contributed by atoms with Crippen molar-refractivity contribution in [3.63, 3.8) is 0 Å². The van der Waals surface area contributed by atoms with Crippen LogP contribution in [0.3, 0.4) is 0 Å². The number of para-hydroxylation sites is 1. The fourth-order valence-corrected chi connectivity index (χ4v) is 3.50. The summed E-state index contributed by atoms with van der Waals surface area (Å²) in [5.74, 6) is -0.723. The second-order valence-corrected chi connectivity index (χ2v) is 7.54. The van der Waals surface area contributed by atoms with Gasteiger partial charge in [0, 0.05) is 16.6 Å². The second-order valence-electron chi connectivity index (χ2n) is 6.68. The van der Waals surface area contributed by atoms with Crippen molar-refractivity contribution in [2.75, 3.05) is 5.32 Å². The van der Waals surface area contributed by atoms with Crippen LogP contribution in [-0.4, -0.2) is 23.0 Å². The van der Waals surface area contributed by atoms with Crippen molar-refractivity contribution in [1.29, 1.82) is 0 Å². The average molecular weight is 394 g/mol. The molecule has 0 aliphatic heterocycles. The van der Waals surface area contributed by atoms with Crippen LogP contribution in [0.2, 0.25) is 0 Å². The molecule has 1 atom stereocenters. The number of benzene rings is 2. The smallest absolute Gasteiger partial charge is 0.358 e. The van der Waals surface area contributed by atoms with Crippen molar-refractivity contribution in [2.24, 2.45) is 0 Å². The van der Waals surface area contributed by atoms with Crippen molar-refractivity contribution in [2.45, 2.75) is 32.8 Å². The van der Waals surface area contributed by atoms with Gasteiger partial charge >= 0.3 is 5.97 Å². The first-order valence-corrected chi connectivity index (χ1v) is 9.95. The molecule has 1 N–H and O–H groups in total. The Hall–Kier alpha value is -2.99. The first kappa shape index (κ1) is 19.8. The summed E-state index contributed by atoms with van der Waals surface area (Å²) in [6, 6.07) is 17.2. The quantitative estimate of drug-likeness (QED) is 0.589. The van der Waals surface area contributed by atoms with Gasteiger partial charge in [-0.1, -0.05) is 62.4 Å². The molecule has 0 saturated heterocycles. The fraction of sp³-hybridized carbons (Fsp3) is 0.227. The Morgan fingerprint density at radius 1 is 1.00 bits per heavy atom. The summed E-state index contributed by atoms with van der Waals surface area (Å²) in [4.78, 5) is 29.2. The Kier molecular flexibility index (Phi) is 6.21. The van der Waals surface area contributed by atoms with Gasteiger partial charge in [0.1, 0.15) is 5.01 Å². The molecule has 0 unspecified atom stereocenters. The van der Waals surface area contributed by atoms with E-state index < -0.39 is 12.1 Å². The second kappa shape index (κ2) is 8.80. The number of aromatic nitrogens is 1. The third-order valence-corrected chi connectivity index (χ3v) is 5.12. The number of rotatable bonds is 6. The summed E-state index contributed by atoms with van der Waals surface area (Å²) >= 11 is 1.36. The standard InChI is InChI=1S/C22H22N2O3S/c1-14(2)17-11-7-8-12-18(17)23-20(25)15(3)27-22(26)19-13-28-21(24-19)16-9-5-4-6-10-16/h4-15H,1-3H3,(H,23,25)/t15-/m1/s1. The number of ether oxygens (including phenoxy) is 1. The molecular weight excluding hydrogens is 372 g/mol. The van der Waals surface area contributed by atoms with E-state index in [1.807, 2.05) is 54.6 Å². The Balaban J connectivity index is 1.64. The van der Waals surface area contributed by atoms with Crippen LogP contribution in [0.5, 0.6) is 0 Å². The first-order valence-electron chi connectivity index (χ1n) is 9.07. The molecule has 0 aliphatic carbocycles. The van der Waals surface area contributed by atoms with E-state index in [0.29, 0.717) is 0 Å². The summed E-state index contributed by atoms with van der Waals surface area (Å²) in [5, 5.41) is 5.22. The molecule has 6 heteroatoms. The normalized spacial score (nSPS) is 11.9. The lowest BCUT2D eigenvalue weighted by Gasteiger charge is -2.16. The lowest BCUT2D eigenvalue weighted by Crippen LogP contribution is -2.30. The number of esters is 1. The Labute approximate surface area is 168 Å². The number of nitrogens with one attached hydrogen (secondary N) is 1. The molecule has 28 heavy (non-hydrogen) atoms. The van der Waals surface area contributed by atoms with Gasteiger partial charge in [0.05, 0.1) is 0 Å². The van der Waals surface area contributed by atoms with Gasteiger partial charge in [-0.25, -0.2) is 9.78 Å². The van der Waals surface area contributed by atoms with E-state index in [9.17, 15) is 9.59 Å². The van der Waals surface area contributed by atoms with E-state index >= 15 is 0 Å². The summed E-state index contributed by atoms with van der Waals surface area (Å²) in [6.07, 6.45) is -0.936. The summed E-state index contributed by atoms with van der Waals surface area (Å²) < 4.78 is 5.31. The summed E-state index contributed by atoms with van der Waals surface area (Å²) in [7, 11) is 0. The van der Waals surface area contributed by atoms with Gasteiger partial charge in [-0.05, 0) is 24.5 Å². The van der Waals surface area contributed by atoms with Gasteiger partial charge in [-0.3, -0.25) is 4.79 Å². The predicted molar refractivity (Wildman–Crippen MR) is 112 cm³/mol. The highest BCUT2D eigenvalue weighted by Crippen LogP contribution is 2.25. The average Bonchev–Trinajstić information content (AvgIpc) is 3.19. The Morgan fingerprint density at radius 2 is 1.68 bits per heavy atom. The minimum Gasteiger partial charge on any atom is -0.448 e. The molecule has 1 amide bonds. The molecule has 0 fully saturated rings. The molecule has 1 heterocycles. The largest absolute Gasteiger partial charge is 0.448 e. The van der Waals surface area contributed by atoms with Crippen molar-refractivity contribution < 1.29 is 14.3 Å². The lowest BCUT2D eigenvalue weighted by molar-refractivity contribution is -0.123. The van der Waals surface area contributed by atoms with E-state index in [4.69, 9.17) is 4.74 Å². The first-order chi connectivity index (χ1) is 13.5. The minimum absolute atomic E-state index is 0.200. The zero-order valence-corrected chi connectivity index (χ0v) is 16.8. The molecule has 3 aromatic rings. The van der Waals surface area contributed by atoms with Crippen LogP contribution in [0, 0.1) is 0 Å². The van der Waals surface area contributed by atoms with Crippen molar-refractivity contribution in [3.05, 3.63) is 71.2 Å². The highest BCUT2D eigenvalue weighted by Gasteiger charge is 2.22. The number of anilines is 1. The zero-order valence-electron chi connectivity index (χ0n) is 16.0. The van der Waals surface area contributed by atoms with Crippen molar-refractivity contribution in [1.82, 2.24) is 4.98 Å². The molecule has 144 valence electrons. The van der Waals surface area contributed by atoms with Crippen LogP contribution in [-0.2, 0) is 9.53 Å². The highest BCUT2D eigenvalue weighted by atomic mass is 32.1. The molecule has 2 aromatic carbocycles. The highest BCUT2D eigenvalue weighted by molar-refractivity contribution is 7.13. The Morgan fingerprint density at radius 3 is 2.39 bits per heavy atom. The molecule has 0 aliphatic rings. The molecule has 3 rings (SSSR count). The molecule has 1 aromatic heterocycles. The van der Waals surface area contributed by atoms with Crippen LogP contribution >= 0.6 is 11.3 Å². The maximum Gasteiger partial charge on any atom is 0.358 e. The van der Waals surface area contributed by atoms with Gasteiger partial charge in [-0.15, -0.1) is 11.3 Å². The van der Waals surface area contributed by atoms with Crippen LogP contribution in [0.1, 0.15) is 42.7 Å². The molecule has 0 bridgehead atoms. The molecule has 5 nitrogen and oxygen atoms in total. The third-order valence-electron chi connectivity index (χ3n) is 4.23. The number of carbonyl (C=O) groups excluding carboxylic acids is 2. The van der Waals surface area contributed by atoms with Gasteiger partial charge < -0.3 is 10.1 Å². The molecule has 0 spiro atoms. The summed E-state index contributed by atoms with van der Waals surface area (Å²) in [5.41, 5.74) is 2.89. The molecule has 0 radical (unpaired) electrons. The number of amides is 1. The van der Waals surface area contributed by atoms with Crippen LogP contribution in [0.15, 0.2) is 60.0 Å². The van der Waals surface area contributed by atoms with E-state index in [1.165, 1.54) is 11.3 Å². The van der Waals surface area contributed by atoms with Gasteiger partial charge in [0.15, 0.2) is 11.8 Å². The van der Waals surface area contributed by atoms with E-state index in [0.717, 1.165) is 21.8 Å². The number of hydrogen-bond acceptors (Lipinski definition) is 5. The predicted octanol–water partition coefficient (Wildman–Crippen LogP) is 5.12. The summed E-state index contributed by atoms with van der Waals surface area (Å²) in [6.45, 7) is 5.66. The number of carbonyl (C=O) groups is 2. The van der Waals surface area contributed by atoms with Crippen LogP contribution in [0.25, 0.3) is 10.6 Å². The Bertz CT molecular complexity index is 967. The third kappa shape index (κ3) is 4.64. The number of nitrogens with zero attached hydrogens (tertiary/aromatic N) is 1. The van der Waals surface area contributed by atoms with Gasteiger partial charge in [0.2, 0.25) is 0 Å². The van der Waals surface area contributed by atoms with Crippen LogP contribution in [0.4, 0.5) is 5.69 Å². The van der Waals surface area contributed by atoms with Crippen molar-refractivity contribution >= 4 is 28.9 Å². The maximum absolute atomic E-state index is 12.5. The lowest BCUT2D eigenvalue weighted by atomic mass is 10.0. The zero-order chi connectivity index (χ0) is 20.1. The fourth-order valence-electron chi connectivity index (χ4n) is 2.70. The monoisotopic (exact) mass is 394 g/mol. The molecular formula is C22H22N2O3S. The van der Waals surface area contributed by atoms with E-state index in [1.54, 1.807) is 12.3 Å². The minimum atomic E-state index is -0.936. The SMILES string of the molecule is CC(C)c1ccccc1NC(=O)[C@@H](C)OC(=O)c1csc(-c2ccccc2)n1. The van der Waals surface area contributed by atoms with Crippen molar-refractivity contribution in [3.8, 4) is 10.6 Å². The van der Waals surface area contributed by atoms with Gasteiger partial charge in [-0.2, -0.15) is 0 Å². The molecule has 0 saturated carbocycles. The number of hydrogen-bond donors (Lipinski definition) is 1. The van der Waals surface area contributed by atoms with E-state index in [-0.39, 0.29) is 17.5 Å². The number of thiazole rings is 1. The van der Waals surface area contributed by atoms with Crippen LogP contribution < -0.4 is 5.32 Å². The van der Waals surface area contributed by atoms with Gasteiger partial charge in [0.25, 0.3) is 5.91 Å².